The van der Waals surface area contributed by atoms with Gasteiger partial charge in [0.05, 0.1) is 0 Å². The first-order valence-electron chi connectivity index (χ1n) is 6.09. The van der Waals surface area contributed by atoms with Crippen molar-refractivity contribution in [3.05, 3.63) is 0 Å². The Morgan fingerprint density at radius 2 is 1.73 bits per heavy atom. The molecule has 0 rings (SSSR count). The number of nitrogens with zero attached hydrogens (tertiary/aromatic N) is 1. The first-order valence-corrected chi connectivity index (χ1v) is 6.09. The monoisotopic (exact) mass is 215 g/mol. The fourth-order valence-corrected chi connectivity index (χ4v) is 1.06. The van der Waals surface area contributed by atoms with Crippen molar-refractivity contribution in [2.75, 3.05) is 19.9 Å². The van der Waals surface area contributed by atoms with E-state index in [2.05, 4.69) is 57.1 Å². The summed E-state index contributed by atoms with van der Waals surface area (Å²) in [5, 5.41) is 7.01. The average Bonchev–Trinajstić information content (AvgIpc) is 2.16. The fourth-order valence-electron chi connectivity index (χ4n) is 1.06. The molecule has 0 saturated carbocycles. The number of hydrogen-bond donors (Lipinski definition) is 2. The first kappa shape index (κ1) is 14.9. The van der Waals surface area contributed by atoms with Crippen molar-refractivity contribution >= 4 is 0 Å². The van der Waals surface area contributed by atoms with Gasteiger partial charge in [0.25, 0.3) is 0 Å². The van der Waals surface area contributed by atoms with Gasteiger partial charge >= 0.3 is 0 Å². The Morgan fingerprint density at radius 3 is 2.13 bits per heavy atom. The van der Waals surface area contributed by atoms with Crippen molar-refractivity contribution in [3.8, 4) is 0 Å². The van der Waals surface area contributed by atoms with E-state index in [1.807, 2.05) is 0 Å². The summed E-state index contributed by atoms with van der Waals surface area (Å²) in [6, 6.07) is 0.605. The summed E-state index contributed by atoms with van der Waals surface area (Å²) in [5.74, 6) is 0. The molecule has 15 heavy (non-hydrogen) atoms. The quantitative estimate of drug-likeness (QED) is 0.636. The highest BCUT2D eigenvalue weighted by atomic mass is 15.3. The lowest BCUT2D eigenvalue weighted by atomic mass is 10.1. The second-order valence-corrected chi connectivity index (χ2v) is 5.24. The summed E-state index contributed by atoms with van der Waals surface area (Å²) in [6.45, 7) is 16.2. The van der Waals surface area contributed by atoms with Crippen LogP contribution in [-0.2, 0) is 0 Å². The predicted octanol–water partition coefficient (Wildman–Crippen LogP) is 2.00. The molecule has 0 fully saturated rings. The highest BCUT2D eigenvalue weighted by Crippen LogP contribution is 1.98. The van der Waals surface area contributed by atoms with Gasteiger partial charge in [-0.25, -0.2) is 0 Å². The van der Waals surface area contributed by atoms with Gasteiger partial charge in [0.1, 0.15) is 0 Å². The number of rotatable bonds is 7. The highest BCUT2D eigenvalue weighted by molar-refractivity contribution is 4.70. The second kappa shape index (κ2) is 7.20. The molecule has 0 aromatic heterocycles. The molecular weight excluding hydrogens is 186 g/mol. The molecule has 2 N–H and O–H groups in total. The van der Waals surface area contributed by atoms with Crippen LogP contribution >= 0.6 is 0 Å². The van der Waals surface area contributed by atoms with Crippen LogP contribution in [0.15, 0.2) is 0 Å². The van der Waals surface area contributed by atoms with Crippen molar-refractivity contribution in [1.82, 2.24) is 15.5 Å². The van der Waals surface area contributed by atoms with Crippen LogP contribution in [-0.4, -0.2) is 36.4 Å². The summed E-state index contributed by atoms with van der Waals surface area (Å²) >= 11 is 0. The zero-order chi connectivity index (χ0) is 11.9. The Bertz CT molecular complexity index is 151. The molecule has 1 unspecified atom stereocenters. The minimum Gasteiger partial charge on any atom is -0.302 e. The normalized spacial score (nSPS) is 14.6. The molecule has 92 valence electrons. The minimum atomic E-state index is 0.198. The highest BCUT2D eigenvalue weighted by Gasteiger charge is 2.10. The molecule has 0 aliphatic carbocycles. The van der Waals surface area contributed by atoms with Gasteiger partial charge in [-0.15, -0.1) is 0 Å². The molecule has 0 saturated heterocycles. The summed E-state index contributed by atoms with van der Waals surface area (Å²) < 4.78 is 0. The molecule has 1 atom stereocenters. The molecule has 3 nitrogen and oxygen atoms in total. The maximum atomic E-state index is 3.51. The Balaban J connectivity index is 3.73. The van der Waals surface area contributed by atoms with E-state index in [1.54, 1.807) is 0 Å². The molecule has 0 aliphatic rings. The molecule has 0 heterocycles. The Morgan fingerprint density at radius 1 is 1.13 bits per heavy atom. The summed E-state index contributed by atoms with van der Waals surface area (Å²) in [6.07, 6.45) is 1.18. The second-order valence-electron chi connectivity index (χ2n) is 5.24. The third kappa shape index (κ3) is 8.85. The van der Waals surface area contributed by atoms with E-state index in [-0.39, 0.29) is 5.54 Å². The van der Waals surface area contributed by atoms with Crippen LogP contribution in [0.3, 0.4) is 0 Å². The van der Waals surface area contributed by atoms with Crippen LogP contribution in [0.25, 0.3) is 0 Å². The Labute approximate surface area is 95.6 Å². The molecule has 0 radical (unpaired) electrons. The summed E-state index contributed by atoms with van der Waals surface area (Å²) in [5.41, 5.74) is 0.198. The topological polar surface area (TPSA) is 27.3 Å². The maximum Gasteiger partial charge on any atom is 0.0496 e. The third-order valence-electron chi connectivity index (χ3n) is 2.56. The van der Waals surface area contributed by atoms with Crippen molar-refractivity contribution in [1.29, 1.82) is 0 Å². The first-order chi connectivity index (χ1) is 6.89. The zero-order valence-electron chi connectivity index (χ0n) is 11.4. The molecule has 0 amide bonds. The van der Waals surface area contributed by atoms with E-state index in [9.17, 15) is 0 Å². The van der Waals surface area contributed by atoms with Gasteiger partial charge in [-0.3, -0.25) is 10.2 Å². The van der Waals surface area contributed by atoms with Crippen LogP contribution in [0.4, 0.5) is 0 Å². The molecule has 3 heteroatoms. The van der Waals surface area contributed by atoms with Crippen molar-refractivity contribution < 1.29 is 0 Å². The lowest BCUT2D eigenvalue weighted by Crippen LogP contribution is -2.47. The van der Waals surface area contributed by atoms with E-state index in [4.69, 9.17) is 0 Å². The zero-order valence-corrected chi connectivity index (χ0v) is 11.4. The van der Waals surface area contributed by atoms with Crippen LogP contribution < -0.4 is 10.6 Å². The van der Waals surface area contributed by atoms with Crippen LogP contribution in [0.1, 0.15) is 48.0 Å². The van der Waals surface area contributed by atoms with Crippen LogP contribution in [0, 0.1) is 0 Å². The van der Waals surface area contributed by atoms with Crippen molar-refractivity contribution in [2.45, 2.75) is 59.5 Å². The average molecular weight is 215 g/mol. The lowest BCUT2D eigenvalue weighted by Gasteiger charge is -2.28. The smallest absolute Gasteiger partial charge is 0.0496 e. The van der Waals surface area contributed by atoms with Crippen molar-refractivity contribution in [2.24, 2.45) is 0 Å². The van der Waals surface area contributed by atoms with E-state index in [0.29, 0.717) is 6.04 Å². The summed E-state index contributed by atoms with van der Waals surface area (Å²) in [4.78, 5) is 2.37. The van der Waals surface area contributed by atoms with E-state index in [0.717, 1.165) is 19.9 Å². The molecule has 0 spiro atoms. The third-order valence-corrected chi connectivity index (χ3v) is 2.56. The van der Waals surface area contributed by atoms with Crippen LogP contribution in [0.2, 0.25) is 0 Å². The van der Waals surface area contributed by atoms with Gasteiger partial charge in [0.15, 0.2) is 0 Å². The van der Waals surface area contributed by atoms with Gasteiger partial charge in [0, 0.05) is 24.9 Å². The Hall–Kier alpha value is -0.120. The molecule has 0 aromatic rings. The standard InChI is InChI=1S/C12H29N3/c1-7-11(3)13-9-15(8-2)10-14-12(4,5)6/h11,13-14H,7-10H2,1-6H3. The van der Waals surface area contributed by atoms with E-state index in [1.165, 1.54) is 6.42 Å². The van der Waals surface area contributed by atoms with Gasteiger partial charge in [-0.05, 0) is 40.7 Å². The minimum absolute atomic E-state index is 0.198. The van der Waals surface area contributed by atoms with E-state index < -0.39 is 0 Å². The van der Waals surface area contributed by atoms with Crippen molar-refractivity contribution in [3.63, 3.8) is 0 Å². The predicted molar refractivity (Wildman–Crippen MR) is 67.9 cm³/mol. The SMILES string of the molecule is CCC(C)NCN(CC)CNC(C)(C)C. The maximum absolute atomic E-state index is 3.51. The lowest BCUT2D eigenvalue weighted by molar-refractivity contribution is 0.209. The van der Waals surface area contributed by atoms with Gasteiger partial charge in [-0.2, -0.15) is 0 Å². The summed E-state index contributed by atoms with van der Waals surface area (Å²) in [7, 11) is 0. The molecular formula is C12H29N3. The number of hydrogen-bond acceptors (Lipinski definition) is 3. The van der Waals surface area contributed by atoms with Crippen LogP contribution in [0.5, 0.6) is 0 Å². The van der Waals surface area contributed by atoms with Gasteiger partial charge in [0.2, 0.25) is 0 Å². The fraction of sp³-hybridized carbons (Fsp3) is 1.00. The molecule has 0 bridgehead atoms. The molecule has 0 aromatic carbocycles. The Kier molecular flexibility index (Phi) is 7.14. The van der Waals surface area contributed by atoms with Gasteiger partial charge < -0.3 is 5.32 Å². The van der Waals surface area contributed by atoms with E-state index >= 15 is 0 Å². The molecule has 0 aliphatic heterocycles. The number of nitrogens with one attached hydrogen (secondary N) is 2. The largest absolute Gasteiger partial charge is 0.302 e. The van der Waals surface area contributed by atoms with Gasteiger partial charge in [-0.1, -0.05) is 13.8 Å².